The van der Waals surface area contributed by atoms with Crippen LogP contribution < -0.4 is 27.0 Å². The van der Waals surface area contributed by atoms with Crippen LogP contribution in [0.15, 0.2) is 54.6 Å². The number of nitrogens with two attached hydrogens (primary N) is 1. The third-order valence-corrected chi connectivity index (χ3v) is 19.0. The Bertz CT molecular complexity index is 2980. The number of nitrogens with zero attached hydrogens (tertiary/aromatic N) is 6. The molecule has 1 fully saturated rings. The predicted molar refractivity (Wildman–Crippen MR) is 380 cm³/mol. The maximum atomic E-state index is 14.4. The summed E-state index contributed by atoms with van der Waals surface area (Å²) < 4.78 is 16.8. The Labute approximate surface area is 591 Å². The molecule has 98 heavy (non-hydrogen) atoms. The fourth-order valence-electron chi connectivity index (χ4n) is 12.8. The largest absolute Gasteiger partial charge is 0.453 e. The number of hydrogen-bond donors (Lipinski definition) is 6. The molecule has 0 bridgehead atoms. The molecule has 2 aromatic carbocycles. The second kappa shape index (κ2) is 43.6. The summed E-state index contributed by atoms with van der Waals surface area (Å²) in [4.78, 5) is 135. The molecule has 7 N–H and O–H groups in total. The highest BCUT2D eigenvalue weighted by Crippen LogP contribution is 2.32. The lowest BCUT2D eigenvalue weighted by Crippen LogP contribution is -2.55. The van der Waals surface area contributed by atoms with E-state index in [1.54, 1.807) is 44.9 Å². The number of halogens is 2. The number of aryl methyl sites for hydroxylation is 2. The van der Waals surface area contributed by atoms with Crippen LogP contribution in [0.4, 0.5) is 15.3 Å². The van der Waals surface area contributed by atoms with Gasteiger partial charge in [0.05, 0.1) is 68.0 Å². The van der Waals surface area contributed by atoms with Crippen molar-refractivity contribution < 1.29 is 62.5 Å². The number of rotatable bonds is 40. The molecule has 0 unspecified atom stereocenters. The first-order valence-corrected chi connectivity index (χ1v) is 35.4. The van der Waals surface area contributed by atoms with Crippen molar-refractivity contribution in [1.82, 2.24) is 45.6 Å². The lowest BCUT2D eigenvalue weighted by atomic mass is 9.83. The molecule has 1 aliphatic heterocycles. The van der Waals surface area contributed by atoms with Gasteiger partial charge in [-0.25, -0.2) is 19.6 Å². The maximum Gasteiger partial charge on any atom is 0.409 e. The molecule has 0 radical (unpaired) electrons. The van der Waals surface area contributed by atoms with Gasteiger partial charge in [0, 0.05) is 84.6 Å². The van der Waals surface area contributed by atoms with Crippen LogP contribution in [-0.2, 0) is 60.6 Å². The molecule has 2 heterocycles. The monoisotopic (exact) mass is 1410 g/mol. The number of aliphatic hydroxyl groups is 1. The number of hydrogen-bond acceptors (Lipinski definition) is 16. The van der Waals surface area contributed by atoms with Gasteiger partial charge in [0.15, 0.2) is 11.6 Å². The summed E-state index contributed by atoms with van der Waals surface area (Å²) in [7, 11) is 7.60. The minimum atomic E-state index is -0.890. The number of methoxy groups -OCH3 is 3. The summed E-state index contributed by atoms with van der Waals surface area (Å²) in [5.74, 6) is -3.57. The number of aliphatic hydroxyl groups excluding tert-OH is 1. The number of aromatic nitrogens is 3. The smallest absolute Gasteiger partial charge is 0.409 e. The van der Waals surface area contributed by atoms with Gasteiger partial charge in [-0.1, -0.05) is 131 Å². The van der Waals surface area contributed by atoms with Gasteiger partial charge >= 0.3 is 12.1 Å². The van der Waals surface area contributed by atoms with Crippen LogP contribution >= 0.6 is 23.2 Å². The zero-order valence-corrected chi connectivity index (χ0v) is 62.3. The normalized spacial score (nSPS) is 16.3. The number of benzene rings is 2. The molecule has 26 heteroatoms. The van der Waals surface area contributed by atoms with Gasteiger partial charge in [-0.3, -0.25) is 33.6 Å². The van der Waals surface area contributed by atoms with E-state index in [0.29, 0.717) is 68.7 Å². The molecule has 0 spiro atoms. The molecule has 0 saturated carbocycles. The van der Waals surface area contributed by atoms with E-state index in [0.717, 1.165) is 37.7 Å². The average Bonchev–Trinajstić information content (AvgIpc) is 1.52. The van der Waals surface area contributed by atoms with Crippen LogP contribution in [-0.4, -0.2) is 179 Å². The Morgan fingerprint density at radius 3 is 1.91 bits per heavy atom. The molecule has 3 aromatic rings. The minimum Gasteiger partial charge on any atom is -0.453 e. The van der Waals surface area contributed by atoms with Crippen molar-refractivity contribution in [3.05, 3.63) is 82.1 Å². The van der Waals surface area contributed by atoms with Crippen molar-refractivity contribution in [3.8, 4) is 0 Å². The number of amides is 8. The number of nitrogens with one attached hydrogen (secondary N) is 4. The van der Waals surface area contributed by atoms with E-state index < -0.39 is 72.4 Å². The predicted octanol–water partition coefficient (Wildman–Crippen LogP) is 10.1. The van der Waals surface area contributed by atoms with Crippen molar-refractivity contribution in [2.24, 2.45) is 47.2 Å². The molecule has 1 aliphatic rings. The fraction of sp³-hybridized carbons (Fsp3) is 0.667. The Hall–Kier alpha value is -6.86. The summed E-state index contributed by atoms with van der Waals surface area (Å²) in [6.07, 6.45) is 5.02. The molecule has 4 rings (SSSR count). The van der Waals surface area contributed by atoms with E-state index in [-0.39, 0.29) is 107 Å². The Morgan fingerprint density at radius 1 is 0.724 bits per heavy atom. The van der Waals surface area contributed by atoms with Crippen molar-refractivity contribution in [2.75, 3.05) is 53.8 Å². The van der Waals surface area contributed by atoms with Gasteiger partial charge in [0.25, 0.3) is 0 Å². The van der Waals surface area contributed by atoms with Crippen molar-refractivity contribution in [1.29, 1.82) is 0 Å². The van der Waals surface area contributed by atoms with Gasteiger partial charge in [-0.15, -0.1) is 0 Å². The number of ketones is 2. The van der Waals surface area contributed by atoms with Crippen LogP contribution in [0, 0.1) is 41.4 Å². The number of likely N-dealkylation sites (tertiary alicyclic amines) is 1. The second-order valence-corrected chi connectivity index (χ2v) is 27.5. The molecule has 1 aromatic heterocycles. The highest BCUT2D eigenvalue weighted by atomic mass is 35.5. The molecular weight excluding hydrogens is 1300 g/mol. The number of primary amides is 1. The molecular formula is C72H113Cl2N11O13. The topological polar surface area (TPSA) is 324 Å². The Balaban J connectivity index is 0.000000526. The minimum absolute atomic E-state index is 0.00155. The van der Waals surface area contributed by atoms with Crippen LogP contribution in [0.25, 0.3) is 0 Å². The highest BCUT2D eigenvalue weighted by Gasteiger charge is 2.44. The van der Waals surface area contributed by atoms with Crippen LogP contribution in [0.2, 0.25) is 10.6 Å². The first-order valence-electron chi connectivity index (χ1n) is 34.7. The van der Waals surface area contributed by atoms with Gasteiger partial charge in [0.2, 0.25) is 40.1 Å². The highest BCUT2D eigenvalue weighted by molar-refractivity contribution is 6.31. The Kier molecular flexibility index (Phi) is 38.0. The van der Waals surface area contributed by atoms with E-state index in [4.69, 9.17) is 43.1 Å². The second-order valence-electron chi connectivity index (χ2n) is 26.9. The molecule has 24 nitrogen and oxygen atoms in total. The number of ether oxygens (including phenoxy) is 3. The van der Waals surface area contributed by atoms with Crippen molar-refractivity contribution >= 4 is 82.1 Å². The summed E-state index contributed by atoms with van der Waals surface area (Å²) >= 11 is 11.6. The van der Waals surface area contributed by atoms with E-state index in [9.17, 15) is 48.3 Å². The summed E-state index contributed by atoms with van der Waals surface area (Å²) in [5.41, 5.74) is 7.64. The number of carbonyl (C=O) groups excluding carboxylic acids is 9. The maximum absolute atomic E-state index is 14.4. The van der Waals surface area contributed by atoms with Gasteiger partial charge < -0.3 is 61.0 Å². The molecule has 1 saturated heterocycles. The van der Waals surface area contributed by atoms with Crippen LogP contribution in [0.3, 0.4) is 0 Å². The third-order valence-electron chi connectivity index (χ3n) is 18.6. The first-order chi connectivity index (χ1) is 46.3. The summed E-state index contributed by atoms with van der Waals surface area (Å²) in [5, 5.41) is 22.2. The SMILES string of the molecule is CC[C@H](C)[C@@H]([C@@H](CC(=O)N1CCC[C@H]1[C@H](OC)[C@@H](C)C(=O)N[C@H](C)[C@@H](O)c1ccccc1)OC)N(C)C(=O)[C@@H](CC(=O)[C@H](C(C)C)N(C)C(=O)OC)C(C)C.CCc1ccc(NC(=O)[C@H](CCCNC(N)=O)CC(=O)[C@@H](NC(=O)CCCCCCc2nc(Cl)nc(Cl)n2)C(C)C)cc1. The molecule has 548 valence electrons. The van der Waals surface area contributed by atoms with Gasteiger partial charge in [0.1, 0.15) is 5.82 Å². The zero-order chi connectivity index (χ0) is 73.5. The number of unbranched alkanes of at least 4 members (excludes halogenated alkanes) is 3. The zero-order valence-electron chi connectivity index (χ0n) is 60.7. The quantitative estimate of drug-likeness (QED) is 0.0288. The lowest BCUT2D eigenvalue weighted by molar-refractivity contribution is -0.149. The number of carbonyl (C=O) groups is 9. The fourth-order valence-corrected chi connectivity index (χ4v) is 13.2. The van der Waals surface area contributed by atoms with Crippen molar-refractivity contribution in [2.45, 2.75) is 221 Å². The third kappa shape index (κ3) is 27.3. The molecule has 8 amide bonds. The number of urea groups is 1. The standard InChI is InChI=1S/C42H70N4O9.C30H43Cl2N7O4/c1-14-27(6)37(44(9)41(51)31(25(2)3)23-33(47)36(26(4)5)45(10)42(52)55-13)34(53-11)24-35(48)46-22-18-21-32(46)39(54-12)28(7)40(50)43-29(8)38(49)30-19-16-15-17-20-30;1-4-20-13-15-22(16-14-20)35-27(42)21(10-9-17-34-30(33)43)18-23(40)26(19(2)3)38-25(41)12-8-6-5-7-11-24-36-28(31)39-29(32)37-24/h15-17,19-20,25-29,31-32,34,36-39,49H,14,18,21-24H2,1-13H3,(H,43,50);13-16,19,21,26H,4-12,17-18H2,1-3H3,(H,35,42)(H,38,41)(H3,33,34,43)/t27-,28+,29+,31-,32-,34+,36-,37-,38+,39+;21-,26+/m01/s1. The summed E-state index contributed by atoms with van der Waals surface area (Å²) in [6.45, 7) is 21.7. The van der Waals surface area contributed by atoms with E-state index >= 15 is 0 Å². The number of likely N-dealkylation sites (N-methyl/N-ethyl adjacent to an activating group) is 2. The lowest BCUT2D eigenvalue weighted by Gasteiger charge is -2.41. The van der Waals surface area contributed by atoms with Crippen molar-refractivity contribution in [3.63, 3.8) is 0 Å². The van der Waals surface area contributed by atoms with Crippen LogP contribution in [0.1, 0.15) is 183 Å². The molecule has 12 atom stereocenters. The van der Waals surface area contributed by atoms with E-state index in [1.165, 1.54) is 19.1 Å². The number of Topliss-reactive ketones (excluding diaryl/α,β-unsaturated/α-hetero) is 2. The molecule has 0 aliphatic carbocycles. The van der Waals surface area contributed by atoms with E-state index in [2.05, 4.69) is 43.1 Å². The van der Waals surface area contributed by atoms with E-state index in [1.807, 2.05) is 110 Å². The van der Waals surface area contributed by atoms with Crippen LogP contribution in [0.5, 0.6) is 0 Å². The number of anilines is 1. The average molecular weight is 1410 g/mol. The Morgan fingerprint density at radius 2 is 1.36 bits per heavy atom. The van der Waals surface area contributed by atoms with Gasteiger partial charge in [-0.2, -0.15) is 4.98 Å². The summed E-state index contributed by atoms with van der Waals surface area (Å²) in [6, 6.07) is 13.2. The first kappa shape index (κ1) is 85.4. The van der Waals surface area contributed by atoms with Gasteiger partial charge in [-0.05, 0) is 122 Å².